The first-order valence-electron chi connectivity index (χ1n) is 3.33. The standard InChI is InChI=1S/C8H6N2O2S/c1-10-13(11,12)8-4-2-7(6-9)3-5-8/h1-5,10H. The van der Waals surface area contributed by atoms with Crippen molar-refractivity contribution < 1.29 is 8.42 Å². The highest BCUT2D eigenvalue weighted by atomic mass is 32.2. The van der Waals surface area contributed by atoms with Crippen LogP contribution in [0.1, 0.15) is 5.56 Å². The highest BCUT2D eigenvalue weighted by molar-refractivity contribution is 7.89. The topological polar surface area (TPSA) is 70.0 Å². The van der Waals surface area contributed by atoms with Crippen molar-refractivity contribution in [1.82, 2.24) is 4.72 Å². The van der Waals surface area contributed by atoms with E-state index < -0.39 is 10.0 Å². The van der Waals surface area contributed by atoms with E-state index in [1.54, 1.807) is 4.72 Å². The molecule has 0 bridgehead atoms. The molecule has 1 N–H and O–H groups in total. The van der Waals surface area contributed by atoms with E-state index in [-0.39, 0.29) is 4.90 Å². The molecule has 0 aliphatic carbocycles. The zero-order valence-electron chi connectivity index (χ0n) is 6.56. The maximum Gasteiger partial charge on any atom is 0.240 e. The van der Waals surface area contributed by atoms with E-state index in [0.717, 1.165) is 0 Å². The molecule has 0 spiro atoms. The minimum Gasteiger partial charge on any atom is -0.207 e. The number of nitriles is 1. The van der Waals surface area contributed by atoms with E-state index in [1.165, 1.54) is 24.3 Å². The van der Waals surface area contributed by atoms with Crippen LogP contribution in [-0.4, -0.2) is 8.42 Å². The second-order valence-electron chi connectivity index (χ2n) is 2.26. The molecule has 2 radical (unpaired) electrons. The van der Waals surface area contributed by atoms with Crippen molar-refractivity contribution in [3.63, 3.8) is 0 Å². The average molecular weight is 194 g/mol. The third-order valence-electron chi connectivity index (χ3n) is 1.45. The molecule has 0 aromatic heterocycles. The summed E-state index contributed by atoms with van der Waals surface area (Å²) in [6, 6.07) is 7.32. The summed E-state index contributed by atoms with van der Waals surface area (Å²) in [5.74, 6) is 0. The molecule has 0 heterocycles. The fraction of sp³-hybridized carbons (Fsp3) is 0. The Morgan fingerprint density at radius 1 is 1.31 bits per heavy atom. The molecule has 0 aliphatic heterocycles. The van der Waals surface area contributed by atoms with Gasteiger partial charge in [0.2, 0.25) is 10.0 Å². The van der Waals surface area contributed by atoms with E-state index in [0.29, 0.717) is 5.56 Å². The van der Waals surface area contributed by atoms with Crippen LogP contribution in [-0.2, 0) is 10.0 Å². The summed E-state index contributed by atoms with van der Waals surface area (Å²) in [6.07, 6.45) is 0. The van der Waals surface area contributed by atoms with Crippen LogP contribution < -0.4 is 4.72 Å². The number of nitrogens with one attached hydrogen (secondary N) is 1. The van der Waals surface area contributed by atoms with Gasteiger partial charge in [-0.1, -0.05) is 0 Å². The summed E-state index contributed by atoms with van der Waals surface area (Å²) in [7, 11) is 1.20. The highest BCUT2D eigenvalue weighted by Crippen LogP contribution is 2.08. The highest BCUT2D eigenvalue weighted by Gasteiger charge is 2.09. The average Bonchev–Trinajstić information content (AvgIpc) is 2.18. The molecule has 0 saturated heterocycles. The number of hydrogen-bond donors (Lipinski definition) is 1. The third kappa shape index (κ3) is 2.05. The number of nitrogens with zero attached hydrogens (tertiary/aromatic N) is 1. The van der Waals surface area contributed by atoms with Gasteiger partial charge >= 0.3 is 0 Å². The molecule has 1 aromatic rings. The third-order valence-corrected chi connectivity index (χ3v) is 2.65. The maximum absolute atomic E-state index is 11.1. The first-order chi connectivity index (χ1) is 6.10. The molecule has 1 aromatic carbocycles. The first kappa shape index (κ1) is 9.71. The van der Waals surface area contributed by atoms with Crippen LogP contribution in [0.3, 0.4) is 0 Å². The van der Waals surface area contributed by atoms with Crippen molar-refractivity contribution in [1.29, 1.82) is 5.26 Å². The van der Waals surface area contributed by atoms with Crippen molar-refractivity contribution in [3.8, 4) is 6.07 Å². The molecule has 13 heavy (non-hydrogen) atoms. The fourth-order valence-corrected chi connectivity index (χ4v) is 1.41. The van der Waals surface area contributed by atoms with Crippen molar-refractivity contribution in [2.75, 3.05) is 0 Å². The molecule has 5 heteroatoms. The molecular formula is C8H6N2O2S. The summed E-state index contributed by atoms with van der Waals surface area (Å²) in [5, 5.41) is 8.45. The lowest BCUT2D eigenvalue weighted by molar-refractivity contribution is 0.590. The lowest BCUT2D eigenvalue weighted by Gasteiger charge is -2.00. The molecule has 0 amide bonds. The van der Waals surface area contributed by atoms with Gasteiger partial charge in [-0.05, 0) is 24.3 Å². The zero-order valence-corrected chi connectivity index (χ0v) is 7.38. The van der Waals surface area contributed by atoms with E-state index >= 15 is 0 Å². The van der Waals surface area contributed by atoms with Gasteiger partial charge in [0.25, 0.3) is 0 Å². The smallest absolute Gasteiger partial charge is 0.207 e. The van der Waals surface area contributed by atoms with Crippen LogP contribution in [0, 0.1) is 18.4 Å². The van der Waals surface area contributed by atoms with Crippen molar-refractivity contribution in [2.24, 2.45) is 0 Å². The lowest BCUT2D eigenvalue weighted by Crippen LogP contribution is -2.16. The van der Waals surface area contributed by atoms with Gasteiger partial charge in [-0.3, -0.25) is 0 Å². The predicted molar refractivity (Wildman–Crippen MR) is 45.8 cm³/mol. The monoisotopic (exact) mass is 194 g/mol. The Labute approximate surface area is 76.9 Å². The molecule has 0 atom stereocenters. The Morgan fingerprint density at radius 3 is 2.23 bits per heavy atom. The Hall–Kier alpha value is -1.38. The van der Waals surface area contributed by atoms with Gasteiger partial charge in [-0.2, -0.15) is 5.26 Å². The Morgan fingerprint density at radius 2 is 1.85 bits per heavy atom. The van der Waals surface area contributed by atoms with Gasteiger partial charge in [0.05, 0.1) is 23.6 Å². The van der Waals surface area contributed by atoms with Crippen molar-refractivity contribution in [3.05, 3.63) is 36.9 Å². The summed E-state index contributed by atoms with van der Waals surface area (Å²) in [4.78, 5) is 0.0361. The number of sulfonamides is 1. The molecule has 4 nitrogen and oxygen atoms in total. The van der Waals surface area contributed by atoms with Crippen LogP contribution in [0.5, 0.6) is 0 Å². The molecule has 66 valence electrons. The van der Waals surface area contributed by atoms with Gasteiger partial charge in [-0.25, -0.2) is 13.1 Å². The lowest BCUT2D eigenvalue weighted by atomic mass is 10.2. The molecule has 0 saturated carbocycles. The first-order valence-corrected chi connectivity index (χ1v) is 4.81. The van der Waals surface area contributed by atoms with Gasteiger partial charge in [0, 0.05) is 0 Å². The van der Waals surface area contributed by atoms with Crippen LogP contribution in [0.25, 0.3) is 0 Å². The Bertz CT molecular complexity index is 428. The van der Waals surface area contributed by atoms with E-state index in [2.05, 4.69) is 0 Å². The SMILES string of the molecule is [CH]NS(=O)(=O)c1ccc(C#N)cc1. The molecule has 0 fully saturated rings. The molecule has 0 unspecified atom stereocenters. The van der Waals surface area contributed by atoms with Crippen LogP contribution in [0.2, 0.25) is 0 Å². The fourth-order valence-electron chi connectivity index (χ4n) is 0.777. The number of hydrogen-bond acceptors (Lipinski definition) is 3. The van der Waals surface area contributed by atoms with Gasteiger partial charge in [0.15, 0.2) is 0 Å². The summed E-state index contributed by atoms with van der Waals surface area (Å²) in [6.45, 7) is 0. The molecular weight excluding hydrogens is 188 g/mol. The van der Waals surface area contributed by atoms with Gasteiger partial charge in [0.1, 0.15) is 0 Å². The number of benzene rings is 1. The summed E-state index contributed by atoms with van der Waals surface area (Å²) < 4.78 is 23.8. The maximum atomic E-state index is 11.1. The van der Waals surface area contributed by atoms with E-state index in [9.17, 15) is 8.42 Å². The van der Waals surface area contributed by atoms with Crippen LogP contribution in [0.15, 0.2) is 29.2 Å². The second kappa shape index (κ2) is 3.56. The second-order valence-corrected chi connectivity index (χ2v) is 3.97. The minimum atomic E-state index is -3.60. The Balaban J connectivity index is 3.15. The Kier molecular flexibility index (Phi) is 2.66. The van der Waals surface area contributed by atoms with Gasteiger partial charge < -0.3 is 0 Å². The quantitative estimate of drug-likeness (QED) is 0.697. The minimum absolute atomic E-state index is 0.0361. The summed E-state index contributed by atoms with van der Waals surface area (Å²) >= 11 is 0. The summed E-state index contributed by atoms with van der Waals surface area (Å²) in [5.41, 5.74) is 0.399. The van der Waals surface area contributed by atoms with E-state index in [1.807, 2.05) is 6.07 Å². The largest absolute Gasteiger partial charge is 0.240 e. The van der Waals surface area contributed by atoms with Crippen LogP contribution in [0.4, 0.5) is 0 Å². The number of rotatable bonds is 2. The zero-order chi connectivity index (χ0) is 9.90. The van der Waals surface area contributed by atoms with Gasteiger partial charge in [-0.15, -0.1) is 0 Å². The normalized spacial score (nSPS) is 10.8. The van der Waals surface area contributed by atoms with Crippen molar-refractivity contribution >= 4 is 10.0 Å². The predicted octanol–water partition coefficient (Wildman–Crippen LogP) is 0.505. The van der Waals surface area contributed by atoms with E-state index in [4.69, 9.17) is 12.3 Å². The molecule has 0 aliphatic rings. The van der Waals surface area contributed by atoms with Crippen molar-refractivity contribution in [2.45, 2.75) is 4.90 Å². The van der Waals surface area contributed by atoms with Crippen LogP contribution >= 0.6 is 0 Å². The molecule has 1 rings (SSSR count).